The largest absolute Gasteiger partial charge is 0.481 e. The molecule has 0 saturated carbocycles. The fourth-order valence-electron chi connectivity index (χ4n) is 2.17. The minimum atomic E-state index is -0.904. The van der Waals surface area contributed by atoms with Crippen LogP contribution < -0.4 is 4.90 Å². The highest BCUT2D eigenvalue weighted by Gasteiger charge is 2.13. The summed E-state index contributed by atoms with van der Waals surface area (Å²) < 4.78 is 13.0. The summed E-state index contributed by atoms with van der Waals surface area (Å²) in [6, 6.07) is 15.2. The lowest BCUT2D eigenvalue weighted by Crippen LogP contribution is -2.26. The maximum atomic E-state index is 13.0. The predicted octanol–water partition coefficient (Wildman–Crippen LogP) is 3.18. The quantitative estimate of drug-likeness (QED) is 0.889. The third kappa shape index (κ3) is 4.06. The summed E-state index contributed by atoms with van der Waals surface area (Å²) in [6.45, 7) is 0.678. The second-order valence-corrected chi connectivity index (χ2v) is 4.82. The van der Waals surface area contributed by atoms with E-state index < -0.39 is 5.97 Å². The van der Waals surface area contributed by atoms with Gasteiger partial charge in [-0.05, 0) is 29.8 Å². The molecule has 0 aliphatic carbocycles. The molecule has 1 N–H and O–H groups in total. The number of carboxylic acid groups (broad SMARTS) is 1. The smallest absolute Gasteiger partial charge is 0.305 e. The van der Waals surface area contributed by atoms with Crippen molar-refractivity contribution in [3.63, 3.8) is 0 Å². The van der Waals surface area contributed by atoms with Crippen LogP contribution in [-0.2, 0) is 11.3 Å². The van der Waals surface area contributed by atoms with Gasteiger partial charge in [-0.25, -0.2) is 4.39 Å². The monoisotopic (exact) mass is 298 g/mol. The SMILES string of the molecule is N#Cc1ccccc1N(CCC(=O)O)Cc1ccc(F)cc1. The molecule has 0 saturated heterocycles. The molecule has 0 unspecified atom stereocenters. The molecule has 4 nitrogen and oxygen atoms in total. The Hall–Kier alpha value is -2.87. The lowest BCUT2D eigenvalue weighted by molar-refractivity contribution is -0.136. The van der Waals surface area contributed by atoms with Gasteiger partial charge < -0.3 is 10.0 Å². The maximum absolute atomic E-state index is 13.0. The molecule has 22 heavy (non-hydrogen) atoms. The molecule has 0 heterocycles. The Balaban J connectivity index is 2.27. The van der Waals surface area contributed by atoms with Crippen LogP contribution in [0.25, 0.3) is 0 Å². The summed E-state index contributed by atoms with van der Waals surface area (Å²) in [5.74, 6) is -1.23. The van der Waals surface area contributed by atoms with Gasteiger partial charge in [-0.2, -0.15) is 5.26 Å². The van der Waals surface area contributed by atoms with Crippen molar-refractivity contribution in [2.45, 2.75) is 13.0 Å². The number of hydrogen-bond acceptors (Lipinski definition) is 3. The van der Waals surface area contributed by atoms with Crippen molar-refractivity contribution >= 4 is 11.7 Å². The number of nitriles is 1. The normalized spacial score (nSPS) is 10.0. The van der Waals surface area contributed by atoms with Crippen molar-refractivity contribution in [2.24, 2.45) is 0 Å². The van der Waals surface area contributed by atoms with Crippen LogP contribution in [0.2, 0.25) is 0 Å². The Kier molecular flexibility index (Phi) is 5.10. The van der Waals surface area contributed by atoms with Gasteiger partial charge >= 0.3 is 5.97 Å². The Labute approximate surface area is 128 Å². The number of anilines is 1. The van der Waals surface area contributed by atoms with E-state index in [1.54, 1.807) is 36.4 Å². The van der Waals surface area contributed by atoms with Crippen LogP contribution in [0.1, 0.15) is 17.5 Å². The first-order valence-electron chi connectivity index (χ1n) is 6.80. The third-order valence-corrected chi connectivity index (χ3v) is 3.25. The number of rotatable bonds is 6. The van der Waals surface area contributed by atoms with Crippen LogP contribution in [0, 0.1) is 17.1 Å². The van der Waals surface area contributed by atoms with Gasteiger partial charge in [0.15, 0.2) is 0 Å². The van der Waals surface area contributed by atoms with Gasteiger partial charge in [0.2, 0.25) is 0 Å². The minimum absolute atomic E-state index is 0.0407. The first-order valence-corrected chi connectivity index (χ1v) is 6.80. The summed E-state index contributed by atoms with van der Waals surface area (Å²) >= 11 is 0. The molecule has 0 bridgehead atoms. The summed E-state index contributed by atoms with van der Waals surface area (Å²) in [6.07, 6.45) is -0.0407. The third-order valence-electron chi connectivity index (χ3n) is 3.25. The first kappa shape index (κ1) is 15.5. The van der Waals surface area contributed by atoms with E-state index in [2.05, 4.69) is 6.07 Å². The number of aliphatic carboxylic acids is 1. The molecule has 2 aromatic rings. The first-order chi connectivity index (χ1) is 10.6. The van der Waals surface area contributed by atoms with E-state index in [0.29, 0.717) is 17.8 Å². The van der Waals surface area contributed by atoms with Crippen LogP contribution in [0.4, 0.5) is 10.1 Å². The van der Waals surface area contributed by atoms with E-state index in [1.807, 2.05) is 4.90 Å². The van der Waals surface area contributed by atoms with E-state index >= 15 is 0 Å². The van der Waals surface area contributed by atoms with Gasteiger partial charge in [0.05, 0.1) is 17.7 Å². The highest BCUT2D eigenvalue weighted by molar-refractivity contribution is 5.68. The zero-order valence-corrected chi connectivity index (χ0v) is 11.9. The van der Waals surface area contributed by atoms with Gasteiger partial charge in [-0.3, -0.25) is 4.79 Å². The fourth-order valence-corrected chi connectivity index (χ4v) is 2.17. The number of nitrogens with zero attached hydrogens (tertiary/aromatic N) is 2. The average Bonchev–Trinajstić information content (AvgIpc) is 2.53. The molecule has 2 aromatic carbocycles. The van der Waals surface area contributed by atoms with E-state index in [1.165, 1.54) is 12.1 Å². The van der Waals surface area contributed by atoms with E-state index in [-0.39, 0.29) is 18.8 Å². The highest BCUT2D eigenvalue weighted by Crippen LogP contribution is 2.22. The molecule has 0 spiro atoms. The van der Waals surface area contributed by atoms with E-state index in [0.717, 1.165) is 5.56 Å². The molecular weight excluding hydrogens is 283 g/mol. The Morgan fingerprint density at radius 3 is 2.50 bits per heavy atom. The van der Waals surface area contributed by atoms with Crippen LogP contribution in [0.15, 0.2) is 48.5 Å². The van der Waals surface area contributed by atoms with Gasteiger partial charge in [-0.1, -0.05) is 24.3 Å². The van der Waals surface area contributed by atoms with Crippen molar-refractivity contribution in [3.05, 3.63) is 65.5 Å². The van der Waals surface area contributed by atoms with Crippen LogP contribution in [0.5, 0.6) is 0 Å². The van der Waals surface area contributed by atoms with Gasteiger partial charge in [0.1, 0.15) is 11.9 Å². The molecule has 0 radical (unpaired) electrons. The fraction of sp³-hybridized carbons (Fsp3) is 0.176. The van der Waals surface area contributed by atoms with Crippen LogP contribution >= 0.6 is 0 Å². The molecule has 0 atom stereocenters. The lowest BCUT2D eigenvalue weighted by Gasteiger charge is -2.25. The molecule has 0 aliphatic heterocycles. The number of carbonyl (C=O) groups is 1. The Morgan fingerprint density at radius 1 is 1.18 bits per heavy atom. The van der Waals surface area contributed by atoms with Crippen LogP contribution in [0.3, 0.4) is 0 Å². The molecule has 112 valence electrons. The van der Waals surface area contributed by atoms with Crippen molar-refractivity contribution in [2.75, 3.05) is 11.4 Å². The molecule has 0 fully saturated rings. The summed E-state index contributed by atoms with van der Waals surface area (Å²) in [4.78, 5) is 12.7. The molecular formula is C17H15FN2O2. The minimum Gasteiger partial charge on any atom is -0.481 e. The summed E-state index contributed by atoms with van der Waals surface area (Å²) in [5.41, 5.74) is 2.00. The van der Waals surface area contributed by atoms with Crippen molar-refractivity contribution in [3.8, 4) is 6.07 Å². The number of carboxylic acids is 1. The van der Waals surface area contributed by atoms with Crippen LogP contribution in [-0.4, -0.2) is 17.6 Å². The van der Waals surface area contributed by atoms with Gasteiger partial charge in [0, 0.05) is 13.1 Å². The number of hydrogen-bond donors (Lipinski definition) is 1. The van der Waals surface area contributed by atoms with E-state index in [4.69, 9.17) is 5.11 Å². The molecule has 0 aliphatic rings. The molecule has 0 amide bonds. The zero-order valence-electron chi connectivity index (χ0n) is 11.9. The van der Waals surface area contributed by atoms with E-state index in [9.17, 15) is 14.4 Å². The lowest BCUT2D eigenvalue weighted by atomic mass is 10.1. The van der Waals surface area contributed by atoms with Crippen molar-refractivity contribution in [1.29, 1.82) is 5.26 Å². The number of halogens is 1. The Morgan fingerprint density at radius 2 is 1.86 bits per heavy atom. The zero-order chi connectivity index (χ0) is 15.9. The standard InChI is InChI=1S/C17H15FN2O2/c18-15-7-5-13(6-8-15)12-20(10-9-17(21)22)16-4-2-1-3-14(16)11-19/h1-8H,9-10,12H2,(H,21,22). The van der Waals surface area contributed by atoms with Gasteiger partial charge in [0.25, 0.3) is 0 Å². The summed E-state index contributed by atoms with van der Waals surface area (Å²) in [5, 5.41) is 18.1. The average molecular weight is 298 g/mol. The summed E-state index contributed by atoms with van der Waals surface area (Å²) in [7, 11) is 0. The Bertz CT molecular complexity index is 693. The second kappa shape index (κ2) is 7.23. The highest BCUT2D eigenvalue weighted by atomic mass is 19.1. The second-order valence-electron chi connectivity index (χ2n) is 4.82. The topological polar surface area (TPSA) is 64.3 Å². The molecule has 0 aromatic heterocycles. The van der Waals surface area contributed by atoms with Gasteiger partial charge in [-0.15, -0.1) is 0 Å². The number of benzene rings is 2. The maximum Gasteiger partial charge on any atom is 0.305 e. The predicted molar refractivity (Wildman–Crippen MR) is 80.9 cm³/mol. The van der Waals surface area contributed by atoms with Crippen molar-refractivity contribution in [1.82, 2.24) is 0 Å². The van der Waals surface area contributed by atoms with Crippen molar-refractivity contribution < 1.29 is 14.3 Å². The molecule has 5 heteroatoms. The number of para-hydroxylation sites is 1. The molecule has 2 rings (SSSR count).